The second kappa shape index (κ2) is 8.87. The topological polar surface area (TPSA) is 91.0 Å². The lowest BCUT2D eigenvalue weighted by Crippen LogP contribution is -2.32. The minimum atomic E-state index is -0.248. The largest absolute Gasteiger partial charge is 0.457 e. The van der Waals surface area contributed by atoms with Gasteiger partial charge in [0.05, 0.1) is 6.54 Å². The van der Waals surface area contributed by atoms with Gasteiger partial charge in [-0.25, -0.2) is 9.36 Å². The molecule has 0 fully saturated rings. The van der Waals surface area contributed by atoms with Gasteiger partial charge in [-0.3, -0.25) is 9.59 Å². The molecule has 2 aromatic heterocycles. The van der Waals surface area contributed by atoms with Gasteiger partial charge in [0.2, 0.25) is 0 Å². The summed E-state index contributed by atoms with van der Waals surface area (Å²) in [6, 6.07) is 21.1. The Morgan fingerprint density at radius 3 is 2.43 bits per heavy atom. The molecule has 0 atom stereocenters. The molecule has 0 bridgehead atoms. The molecule has 0 radical (unpaired) electrons. The van der Waals surface area contributed by atoms with E-state index in [1.807, 2.05) is 30.3 Å². The number of benzene rings is 2. The van der Waals surface area contributed by atoms with Crippen molar-refractivity contribution in [2.24, 2.45) is 0 Å². The van der Waals surface area contributed by atoms with E-state index in [4.69, 9.17) is 4.74 Å². The zero-order valence-electron chi connectivity index (χ0n) is 16.0. The first-order chi connectivity index (χ1) is 14.7. The van der Waals surface area contributed by atoms with Crippen LogP contribution in [0.25, 0.3) is 5.82 Å². The first-order valence-corrected chi connectivity index (χ1v) is 9.38. The summed E-state index contributed by atoms with van der Waals surface area (Å²) in [6.45, 7) is 0.505. The van der Waals surface area contributed by atoms with Crippen molar-refractivity contribution in [3.8, 4) is 17.3 Å². The van der Waals surface area contributed by atoms with E-state index in [9.17, 15) is 9.59 Å². The van der Waals surface area contributed by atoms with E-state index in [0.29, 0.717) is 17.1 Å². The van der Waals surface area contributed by atoms with Crippen LogP contribution in [-0.2, 0) is 6.54 Å². The number of para-hydroxylation sites is 1. The zero-order valence-corrected chi connectivity index (χ0v) is 16.0. The number of hydrogen-bond donors (Lipinski definition) is 1. The van der Waals surface area contributed by atoms with Crippen molar-refractivity contribution in [1.82, 2.24) is 24.9 Å². The number of aromatic nitrogens is 4. The summed E-state index contributed by atoms with van der Waals surface area (Å²) in [4.78, 5) is 24.4. The van der Waals surface area contributed by atoms with Crippen LogP contribution in [0.2, 0.25) is 0 Å². The van der Waals surface area contributed by atoms with Crippen LogP contribution >= 0.6 is 0 Å². The molecule has 0 saturated heterocycles. The summed E-state index contributed by atoms with van der Waals surface area (Å²) >= 11 is 0. The smallest absolute Gasteiger partial charge is 0.266 e. The van der Waals surface area contributed by atoms with Crippen LogP contribution in [0.15, 0.2) is 90.0 Å². The molecule has 4 rings (SSSR count). The van der Waals surface area contributed by atoms with Crippen LogP contribution in [0.5, 0.6) is 11.5 Å². The SMILES string of the molecule is O=C(NCCn1nc(-n2cccn2)ccc1=O)c1ccc(Oc2ccccc2)cc1. The van der Waals surface area contributed by atoms with Crippen LogP contribution in [0, 0.1) is 0 Å². The molecule has 8 nitrogen and oxygen atoms in total. The highest BCUT2D eigenvalue weighted by Crippen LogP contribution is 2.21. The highest BCUT2D eigenvalue weighted by molar-refractivity contribution is 5.94. The molecule has 4 aromatic rings. The van der Waals surface area contributed by atoms with E-state index < -0.39 is 0 Å². The van der Waals surface area contributed by atoms with Gasteiger partial charge in [0.25, 0.3) is 11.5 Å². The van der Waals surface area contributed by atoms with Crippen molar-refractivity contribution in [3.63, 3.8) is 0 Å². The number of nitrogens with zero attached hydrogens (tertiary/aromatic N) is 4. The molecule has 8 heteroatoms. The van der Waals surface area contributed by atoms with Crippen molar-refractivity contribution < 1.29 is 9.53 Å². The van der Waals surface area contributed by atoms with Gasteiger partial charge in [-0.05, 0) is 48.5 Å². The Kier molecular flexibility index (Phi) is 5.66. The van der Waals surface area contributed by atoms with E-state index in [1.54, 1.807) is 53.5 Å². The molecule has 1 N–H and O–H groups in total. The molecular weight excluding hydrogens is 382 g/mol. The first-order valence-electron chi connectivity index (χ1n) is 9.38. The van der Waals surface area contributed by atoms with Gasteiger partial charge in [-0.1, -0.05) is 18.2 Å². The predicted molar refractivity (Wildman–Crippen MR) is 111 cm³/mol. The van der Waals surface area contributed by atoms with Crippen LogP contribution < -0.4 is 15.6 Å². The maximum atomic E-state index is 12.4. The van der Waals surface area contributed by atoms with Gasteiger partial charge in [0.15, 0.2) is 5.82 Å². The minimum Gasteiger partial charge on any atom is -0.457 e. The highest BCUT2D eigenvalue weighted by Gasteiger charge is 2.07. The van der Waals surface area contributed by atoms with E-state index in [1.165, 1.54) is 10.7 Å². The molecule has 2 heterocycles. The number of ether oxygens (including phenoxy) is 1. The summed E-state index contributed by atoms with van der Waals surface area (Å²) < 4.78 is 8.58. The second-order valence-corrected chi connectivity index (χ2v) is 6.40. The Bertz CT molecular complexity index is 1170. The fraction of sp³-hybridized carbons (Fsp3) is 0.0909. The monoisotopic (exact) mass is 401 g/mol. The molecule has 0 aliphatic rings. The van der Waals surface area contributed by atoms with Crippen molar-refractivity contribution in [2.75, 3.05) is 6.54 Å². The maximum Gasteiger partial charge on any atom is 0.266 e. The van der Waals surface area contributed by atoms with Crippen LogP contribution in [0.3, 0.4) is 0 Å². The number of amides is 1. The van der Waals surface area contributed by atoms with Crippen molar-refractivity contribution in [2.45, 2.75) is 6.54 Å². The Morgan fingerprint density at radius 1 is 0.933 bits per heavy atom. The summed E-state index contributed by atoms with van der Waals surface area (Å²) in [7, 11) is 0. The van der Waals surface area contributed by atoms with E-state index >= 15 is 0 Å². The van der Waals surface area contributed by atoms with Crippen molar-refractivity contribution >= 4 is 5.91 Å². The molecule has 1 amide bonds. The molecule has 0 aliphatic heterocycles. The summed E-state index contributed by atoms with van der Waals surface area (Å²) in [6.07, 6.45) is 3.37. The van der Waals surface area contributed by atoms with E-state index in [2.05, 4.69) is 15.5 Å². The lowest BCUT2D eigenvalue weighted by Gasteiger charge is -2.09. The molecule has 0 saturated carbocycles. The van der Waals surface area contributed by atoms with Gasteiger partial charge in [0.1, 0.15) is 11.5 Å². The highest BCUT2D eigenvalue weighted by atomic mass is 16.5. The third kappa shape index (κ3) is 4.61. The van der Waals surface area contributed by atoms with Crippen LogP contribution in [0.1, 0.15) is 10.4 Å². The molecule has 0 unspecified atom stereocenters. The van der Waals surface area contributed by atoms with E-state index in [0.717, 1.165) is 5.75 Å². The van der Waals surface area contributed by atoms with Crippen molar-refractivity contribution in [3.05, 3.63) is 101 Å². The Labute approximate surface area is 172 Å². The van der Waals surface area contributed by atoms with Gasteiger partial charge in [-0.2, -0.15) is 5.10 Å². The van der Waals surface area contributed by atoms with Gasteiger partial charge >= 0.3 is 0 Å². The molecule has 30 heavy (non-hydrogen) atoms. The minimum absolute atomic E-state index is 0.238. The fourth-order valence-corrected chi connectivity index (χ4v) is 2.80. The summed E-state index contributed by atoms with van der Waals surface area (Å²) in [5, 5.41) is 11.2. The van der Waals surface area contributed by atoms with Gasteiger partial charge in [0, 0.05) is 30.6 Å². The number of nitrogens with one attached hydrogen (secondary N) is 1. The van der Waals surface area contributed by atoms with Crippen molar-refractivity contribution in [1.29, 1.82) is 0 Å². The van der Waals surface area contributed by atoms with Gasteiger partial charge < -0.3 is 10.1 Å². The lowest BCUT2D eigenvalue weighted by atomic mass is 10.2. The molecule has 2 aromatic carbocycles. The third-order valence-corrected chi connectivity index (χ3v) is 4.30. The first kappa shape index (κ1) is 19.1. The predicted octanol–water partition coefficient (Wildman–Crippen LogP) is 2.65. The number of rotatable bonds is 7. The Balaban J connectivity index is 1.34. The number of hydrogen-bond acceptors (Lipinski definition) is 5. The van der Waals surface area contributed by atoms with Crippen LogP contribution in [0.4, 0.5) is 0 Å². The summed E-state index contributed by atoms with van der Waals surface area (Å²) in [5.74, 6) is 1.66. The third-order valence-electron chi connectivity index (χ3n) is 4.30. The summed E-state index contributed by atoms with van der Waals surface area (Å²) in [5.41, 5.74) is 0.253. The second-order valence-electron chi connectivity index (χ2n) is 6.40. The molecule has 0 spiro atoms. The fourth-order valence-electron chi connectivity index (χ4n) is 2.80. The molecular formula is C22H19N5O3. The number of carbonyl (C=O) groups excluding carboxylic acids is 1. The Morgan fingerprint density at radius 2 is 1.70 bits per heavy atom. The van der Waals surface area contributed by atoms with Gasteiger partial charge in [-0.15, -0.1) is 5.10 Å². The quantitative estimate of drug-likeness (QED) is 0.514. The normalized spacial score (nSPS) is 10.5. The van der Waals surface area contributed by atoms with E-state index in [-0.39, 0.29) is 24.6 Å². The lowest BCUT2D eigenvalue weighted by molar-refractivity contribution is 0.0951. The molecule has 150 valence electrons. The van der Waals surface area contributed by atoms with Crippen LogP contribution in [-0.4, -0.2) is 32.0 Å². The average molecular weight is 401 g/mol. The maximum absolute atomic E-state index is 12.4. The standard InChI is InChI=1S/C22H19N5O3/c28-21-12-11-20(26-15-4-13-24-26)25-27(21)16-14-23-22(29)17-7-9-19(10-8-17)30-18-5-2-1-3-6-18/h1-13,15H,14,16H2,(H,23,29). The molecule has 0 aliphatic carbocycles. The number of carbonyl (C=O) groups is 1. The zero-order chi connectivity index (χ0) is 20.8. The average Bonchev–Trinajstić information content (AvgIpc) is 3.31. The Hall–Kier alpha value is -4.20.